The largest absolute Gasteiger partial charge is 0.494 e. The third-order valence-corrected chi connectivity index (χ3v) is 10.0. The average Bonchev–Trinajstić information content (AvgIpc) is 3.32. The number of esters is 3. The van der Waals surface area contributed by atoms with Crippen LogP contribution < -0.4 is 10.6 Å². The quantitative estimate of drug-likeness (QED) is 0.0825. The number of cyclic esters (lactones) is 2. The summed E-state index contributed by atoms with van der Waals surface area (Å²) in [4.78, 5) is 61.8. The van der Waals surface area contributed by atoms with E-state index in [1.54, 1.807) is 55.4 Å². The zero-order valence-corrected chi connectivity index (χ0v) is 39.1. The maximum Gasteiger partial charge on any atom is 0.408 e. The van der Waals surface area contributed by atoms with Crippen LogP contribution in [0.5, 0.6) is 0 Å². The molecule has 3 aromatic rings. The Kier molecular flexibility index (Phi) is 20.5. The number of rotatable bonds is 11. The molecule has 0 bridgehead atoms. The maximum atomic E-state index is 12.9. The van der Waals surface area contributed by atoms with Crippen molar-refractivity contribution < 1.29 is 67.0 Å². The molecule has 2 fully saturated rings. The van der Waals surface area contributed by atoms with Crippen molar-refractivity contribution in [1.82, 2.24) is 10.6 Å². The third-order valence-electron chi connectivity index (χ3n) is 10.0. The fourth-order valence-corrected chi connectivity index (χ4v) is 6.91. The molecule has 66 heavy (non-hydrogen) atoms. The molecule has 2 amide bonds. The molecule has 0 spiro atoms. The van der Waals surface area contributed by atoms with Gasteiger partial charge in [0, 0.05) is 11.8 Å². The van der Waals surface area contributed by atoms with Crippen LogP contribution in [0.15, 0.2) is 103 Å². The Morgan fingerprint density at radius 3 is 1.53 bits per heavy atom. The Labute approximate surface area is 387 Å². The summed E-state index contributed by atoms with van der Waals surface area (Å²) >= 11 is 0. The molecule has 2 aliphatic rings. The van der Waals surface area contributed by atoms with E-state index in [0.717, 1.165) is 16.7 Å². The number of alkyl carbamates (subject to hydrolysis) is 2. The molecule has 16 nitrogen and oxygen atoms in total. The number of aliphatic hydroxyl groups excluding tert-OH is 1. The summed E-state index contributed by atoms with van der Waals surface area (Å²) in [6.07, 6.45) is -0.824. The maximum absolute atomic E-state index is 12.9. The van der Waals surface area contributed by atoms with Gasteiger partial charge >= 0.3 is 30.1 Å². The molecule has 16 heteroatoms. The van der Waals surface area contributed by atoms with Gasteiger partial charge in [0.15, 0.2) is 12.1 Å². The zero-order chi connectivity index (χ0) is 48.3. The highest BCUT2D eigenvalue weighted by molar-refractivity contribution is 5.83. The summed E-state index contributed by atoms with van der Waals surface area (Å²) in [7, 11) is 0. The minimum absolute atomic E-state index is 0.0528. The first-order chi connectivity index (χ1) is 31.3. The van der Waals surface area contributed by atoms with Gasteiger partial charge in [-0.15, -0.1) is 0 Å². The van der Waals surface area contributed by atoms with Crippen LogP contribution in [-0.2, 0) is 71.7 Å². The molecular formula is C50H66N2O14. The second-order valence-corrected chi connectivity index (χ2v) is 18.1. The van der Waals surface area contributed by atoms with Crippen LogP contribution in [0.25, 0.3) is 0 Å². The van der Waals surface area contributed by atoms with Crippen LogP contribution in [-0.4, -0.2) is 109 Å². The van der Waals surface area contributed by atoms with Crippen LogP contribution in [0.1, 0.15) is 72.1 Å². The van der Waals surface area contributed by atoms with Gasteiger partial charge in [-0.2, -0.15) is 0 Å². The summed E-state index contributed by atoms with van der Waals surface area (Å²) in [5.41, 5.74) is 1.57. The predicted molar refractivity (Wildman–Crippen MR) is 243 cm³/mol. The van der Waals surface area contributed by atoms with E-state index >= 15 is 0 Å². The highest BCUT2D eigenvalue weighted by Gasteiger charge is 2.37. The number of carbonyl (C=O) groups excluding carboxylic acids is 5. The number of benzene rings is 3. The van der Waals surface area contributed by atoms with E-state index in [9.17, 15) is 29.1 Å². The highest BCUT2D eigenvalue weighted by atomic mass is 16.6. The van der Waals surface area contributed by atoms with Crippen molar-refractivity contribution in [3.8, 4) is 0 Å². The van der Waals surface area contributed by atoms with Gasteiger partial charge in [-0.25, -0.2) is 24.0 Å². The molecule has 8 atom stereocenters. The summed E-state index contributed by atoms with van der Waals surface area (Å²) in [6, 6.07) is 26.8. The molecule has 3 aromatic carbocycles. The summed E-state index contributed by atoms with van der Waals surface area (Å²) in [5, 5.41) is 15.6. The Morgan fingerprint density at radius 2 is 1.06 bits per heavy atom. The minimum atomic E-state index is -1.05. The predicted octanol–water partition coefficient (Wildman–Crippen LogP) is 6.40. The van der Waals surface area contributed by atoms with Gasteiger partial charge in [-0.3, -0.25) is 0 Å². The van der Waals surface area contributed by atoms with Crippen LogP contribution in [0, 0.1) is 11.8 Å². The van der Waals surface area contributed by atoms with Crippen LogP contribution in [0.3, 0.4) is 0 Å². The Balaban J connectivity index is 0.000000309. The number of carbonyl (C=O) groups is 5. The van der Waals surface area contributed by atoms with Gasteiger partial charge in [-0.1, -0.05) is 91.0 Å². The number of nitrogens with one attached hydrogen (secondary N) is 2. The van der Waals surface area contributed by atoms with E-state index in [1.807, 2.05) is 91.0 Å². The standard InChI is InChI=1S/C30H37NO8.C20H29NO6/c1-21-27(36-16-15-26(32)37-18-23-13-9-6-10-14-23)24(17-22-11-7-5-8-12-22)19-35-20-25(28(33)38-21)31-29(34)39-30(2,3)4;1-13-17(22)15(10-14-8-6-5-7-9-14)11-25-12-16(18(23)26-13)21-19(24)27-20(2,3)4/h5-16,21,24-25,27H,17-20H2,1-4H3,(H,31,34);5-9,13,15-17,22H,10-12H2,1-4H3,(H,21,24)/b16-15+;/t21-,24-,25-,27-;13-,15-,16-,17-/m00/s1. The van der Waals surface area contributed by atoms with E-state index in [0.29, 0.717) is 12.8 Å². The first-order valence-electron chi connectivity index (χ1n) is 22.1. The Bertz CT molecular complexity index is 2000. The van der Waals surface area contributed by atoms with Crippen molar-refractivity contribution in [2.75, 3.05) is 26.4 Å². The van der Waals surface area contributed by atoms with Gasteiger partial charge in [0.05, 0.1) is 44.9 Å². The van der Waals surface area contributed by atoms with Crippen molar-refractivity contribution in [2.24, 2.45) is 11.8 Å². The van der Waals surface area contributed by atoms with E-state index in [-0.39, 0.29) is 44.9 Å². The molecule has 0 aromatic heterocycles. The van der Waals surface area contributed by atoms with E-state index in [4.69, 9.17) is 37.9 Å². The van der Waals surface area contributed by atoms with E-state index in [2.05, 4.69) is 10.6 Å². The van der Waals surface area contributed by atoms with E-state index < -0.39 is 77.8 Å². The molecule has 2 saturated heterocycles. The smallest absolute Gasteiger partial charge is 0.408 e. The molecule has 360 valence electrons. The van der Waals surface area contributed by atoms with Crippen molar-refractivity contribution in [2.45, 2.75) is 123 Å². The molecule has 0 aliphatic carbocycles. The summed E-state index contributed by atoms with van der Waals surface area (Å²) in [6.45, 7) is 14.2. The molecule has 0 unspecified atom stereocenters. The first kappa shape index (κ1) is 52.7. The monoisotopic (exact) mass is 918 g/mol. The molecule has 2 heterocycles. The number of ether oxygens (including phenoxy) is 8. The number of hydrogen-bond donors (Lipinski definition) is 3. The highest BCUT2D eigenvalue weighted by Crippen LogP contribution is 2.24. The van der Waals surface area contributed by atoms with Crippen LogP contribution in [0.4, 0.5) is 9.59 Å². The summed E-state index contributed by atoms with van der Waals surface area (Å²) in [5.74, 6) is -2.37. The van der Waals surface area contributed by atoms with Crippen molar-refractivity contribution >= 4 is 30.1 Å². The molecule has 0 radical (unpaired) electrons. The van der Waals surface area contributed by atoms with Gasteiger partial charge in [0.2, 0.25) is 0 Å². The van der Waals surface area contributed by atoms with Crippen molar-refractivity contribution in [3.63, 3.8) is 0 Å². The van der Waals surface area contributed by atoms with Gasteiger partial charge in [0.25, 0.3) is 0 Å². The molecular weight excluding hydrogens is 853 g/mol. The van der Waals surface area contributed by atoms with Gasteiger partial charge in [0.1, 0.15) is 36.1 Å². The number of aliphatic hydroxyl groups is 1. The fraction of sp³-hybridized carbons (Fsp3) is 0.500. The normalized spacial score (nSPS) is 24.1. The van der Waals surface area contributed by atoms with Gasteiger partial charge < -0.3 is 53.6 Å². The number of amides is 2. The van der Waals surface area contributed by atoms with Gasteiger partial charge in [-0.05, 0) is 84.9 Å². The minimum Gasteiger partial charge on any atom is -0.494 e. The van der Waals surface area contributed by atoms with E-state index in [1.165, 1.54) is 12.3 Å². The SMILES string of the molecule is C[C@@H]1OC(=O)[C@@H](NC(=O)OC(C)(C)C)COC[C@H](Cc2ccccc2)[C@H]1O.C[C@@H]1OC(=O)[C@@H](NC(=O)OC(C)(C)C)COC[C@H](Cc2ccccc2)[C@H]1O/C=C/C(=O)OCc1ccccc1. The molecule has 5 rings (SSSR count). The van der Waals surface area contributed by atoms with Crippen molar-refractivity contribution in [3.05, 3.63) is 120 Å². The number of hydrogen-bond acceptors (Lipinski definition) is 14. The van der Waals surface area contributed by atoms with Crippen molar-refractivity contribution in [1.29, 1.82) is 0 Å². The zero-order valence-electron chi connectivity index (χ0n) is 39.1. The van der Waals surface area contributed by atoms with Crippen LogP contribution >= 0.6 is 0 Å². The fourth-order valence-electron chi connectivity index (χ4n) is 6.91. The lowest BCUT2D eigenvalue weighted by Gasteiger charge is -2.30. The molecule has 2 aliphatic heterocycles. The first-order valence-corrected chi connectivity index (χ1v) is 22.1. The second kappa shape index (κ2) is 25.7. The Morgan fingerprint density at radius 1 is 0.636 bits per heavy atom. The van der Waals surface area contributed by atoms with Crippen LogP contribution in [0.2, 0.25) is 0 Å². The lowest BCUT2D eigenvalue weighted by Crippen LogP contribution is -2.47. The molecule has 3 N–H and O–H groups in total. The average molecular weight is 919 g/mol. The summed E-state index contributed by atoms with van der Waals surface area (Å²) < 4.78 is 44.3. The Hall–Kier alpha value is -5.97. The third kappa shape index (κ3) is 19.2. The second-order valence-electron chi connectivity index (χ2n) is 18.1. The molecule has 0 saturated carbocycles. The lowest BCUT2D eigenvalue weighted by atomic mass is 9.91. The topological polar surface area (TPSA) is 203 Å². The lowest BCUT2D eigenvalue weighted by molar-refractivity contribution is -0.158.